The van der Waals surface area contributed by atoms with Gasteiger partial charge in [0.15, 0.2) is 0 Å². The van der Waals surface area contributed by atoms with Gasteiger partial charge in [-0.1, -0.05) is 33.6 Å². The fourth-order valence-electron chi connectivity index (χ4n) is 1.36. The van der Waals surface area contributed by atoms with Gasteiger partial charge >= 0.3 is 0 Å². The number of nitrogens with one attached hydrogen (secondary N) is 1. The number of nitrogens with zero attached hydrogens (tertiary/aromatic N) is 1. The van der Waals surface area contributed by atoms with E-state index in [-0.39, 0.29) is 0 Å². The van der Waals surface area contributed by atoms with Crippen LogP contribution in [0.4, 0.5) is 0 Å². The molecule has 0 unspecified atom stereocenters. The van der Waals surface area contributed by atoms with Crippen molar-refractivity contribution in [2.75, 3.05) is 7.05 Å². The normalized spacial score (nSPS) is 10.7. The summed E-state index contributed by atoms with van der Waals surface area (Å²) in [6.07, 6.45) is 0. The molecule has 0 bridgehead atoms. The summed E-state index contributed by atoms with van der Waals surface area (Å²) in [5, 5.41) is 6.89. The Balaban J connectivity index is 2.35. The van der Waals surface area contributed by atoms with E-state index in [1.54, 1.807) is 11.3 Å². The molecule has 1 aromatic heterocycles. The van der Waals surface area contributed by atoms with Crippen molar-refractivity contribution in [3.05, 3.63) is 38.1 Å². The van der Waals surface area contributed by atoms with Crippen LogP contribution < -0.4 is 5.32 Å². The molecular formula is C11H10BrClN2S. The van der Waals surface area contributed by atoms with Gasteiger partial charge in [0.1, 0.15) is 5.01 Å². The van der Waals surface area contributed by atoms with Gasteiger partial charge < -0.3 is 5.32 Å². The zero-order valence-corrected chi connectivity index (χ0v) is 11.8. The van der Waals surface area contributed by atoms with E-state index in [9.17, 15) is 0 Å². The number of hydrogen-bond donors (Lipinski definition) is 1. The molecule has 2 nitrogen and oxygen atoms in total. The molecular weight excluding hydrogens is 308 g/mol. The van der Waals surface area contributed by atoms with Crippen molar-refractivity contribution >= 4 is 38.9 Å². The number of benzene rings is 1. The number of rotatable bonds is 3. The van der Waals surface area contributed by atoms with Crippen LogP contribution in [0.25, 0.3) is 11.3 Å². The van der Waals surface area contributed by atoms with Crippen molar-refractivity contribution < 1.29 is 0 Å². The van der Waals surface area contributed by atoms with Crippen LogP contribution in [0.3, 0.4) is 0 Å². The minimum absolute atomic E-state index is 0.718. The molecule has 0 amide bonds. The molecule has 0 saturated heterocycles. The quantitative estimate of drug-likeness (QED) is 0.927. The maximum atomic E-state index is 6.17. The van der Waals surface area contributed by atoms with Gasteiger partial charge in [-0.25, -0.2) is 4.98 Å². The van der Waals surface area contributed by atoms with Crippen molar-refractivity contribution in [1.82, 2.24) is 10.3 Å². The third-order valence-corrected chi connectivity index (χ3v) is 3.74. The largest absolute Gasteiger partial charge is 0.314 e. The number of aromatic nitrogens is 1. The van der Waals surface area contributed by atoms with E-state index in [1.807, 2.05) is 30.6 Å². The van der Waals surface area contributed by atoms with E-state index in [0.717, 1.165) is 32.3 Å². The first-order valence-corrected chi connectivity index (χ1v) is 6.80. The lowest BCUT2D eigenvalue weighted by molar-refractivity contribution is 0.811. The second-order valence-electron chi connectivity index (χ2n) is 3.28. The summed E-state index contributed by atoms with van der Waals surface area (Å²) in [6.45, 7) is 0.790. The van der Waals surface area contributed by atoms with Crippen LogP contribution in [0.15, 0.2) is 28.1 Å². The van der Waals surface area contributed by atoms with Gasteiger partial charge in [-0.3, -0.25) is 0 Å². The van der Waals surface area contributed by atoms with Gasteiger partial charge in [0.25, 0.3) is 0 Å². The predicted molar refractivity (Wildman–Crippen MR) is 73.0 cm³/mol. The highest BCUT2D eigenvalue weighted by molar-refractivity contribution is 9.10. The van der Waals surface area contributed by atoms with E-state index >= 15 is 0 Å². The van der Waals surface area contributed by atoms with Gasteiger partial charge in [0.05, 0.1) is 10.7 Å². The molecule has 2 rings (SSSR count). The van der Waals surface area contributed by atoms with Crippen molar-refractivity contribution in [1.29, 1.82) is 0 Å². The monoisotopic (exact) mass is 316 g/mol. The summed E-state index contributed by atoms with van der Waals surface area (Å²) < 4.78 is 0.979. The minimum atomic E-state index is 0.718. The first-order chi connectivity index (χ1) is 7.70. The van der Waals surface area contributed by atoms with Crippen LogP contribution in [0.2, 0.25) is 5.02 Å². The first-order valence-electron chi connectivity index (χ1n) is 4.75. The lowest BCUT2D eigenvalue weighted by Crippen LogP contribution is -2.04. The highest BCUT2D eigenvalue weighted by Crippen LogP contribution is 2.31. The van der Waals surface area contributed by atoms with Gasteiger partial charge in [0.2, 0.25) is 0 Å². The fourth-order valence-corrected chi connectivity index (χ4v) is 2.94. The molecule has 1 N–H and O–H groups in total. The van der Waals surface area contributed by atoms with E-state index in [2.05, 4.69) is 26.2 Å². The van der Waals surface area contributed by atoms with E-state index in [0.29, 0.717) is 0 Å². The predicted octanol–water partition coefficient (Wildman–Crippen LogP) is 3.95. The van der Waals surface area contributed by atoms with E-state index < -0.39 is 0 Å². The summed E-state index contributed by atoms with van der Waals surface area (Å²) >= 11 is 11.2. The van der Waals surface area contributed by atoms with E-state index in [4.69, 9.17) is 11.6 Å². The van der Waals surface area contributed by atoms with Crippen molar-refractivity contribution in [3.63, 3.8) is 0 Å². The number of thiazole rings is 1. The van der Waals surface area contributed by atoms with Crippen LogP contribution in [-0.4, -0.2) is 12.0 Å². The summed E-state index contributed by atoms with van der Waals surface area (Å²) in [5.74, 6) is 0. The molecule has 2 aromatic rings. The Morgan fingerprint density at radius 1 is 1.50 bits per heavy atom. The van der Waals surface area contributed by atoms with Gasteiger partial charge in [-0.2, -0.15) is 0 Å². The zero-order chi connectivity index (χ0) is 11.5. The Bertz CT molecular complexity index is 498. The molecule has 0 radical (unpaired) electrons. The third kappa shape index (κ3) is 2.63. The molecule has 16 heavy (non-hydrogen) atoms. The molecule has 0 aliphatic rings. The molecule has 0 aliphatic carbocycles. The lowest BCUT2D eigenvalue weighted by Gasteiger charge is -2.00. The summed E-state index contributed by atoms with van der Waals surface area (Å²) in [6, 6.07) is 5.83. The topological polar surface area (TPSA) is 24.9 Å². The SMILES string of the molecule is CNCc1nc(-c2ccc(Br)cc2Cl)cs1. The Morgan fingerprint density at radius 3 is 3.00 bits per heavy atom. The smallest absolute Gasteiger partial charge is 0.107 e. The third-order valence-electron chi connectivity index (χ3n) is 2.09. The first kappa shape index (κ1) is 12.0. The maximum Gasteiger partial charge on any atom is 0.107 e. The Labute approximate surface area is 112 Å². The van der Waals surface area contributed by atoms with Crippen molar-refractivity contribution in [2.45, 2.75) is 6.54 Å². The zero-order valence-electron chi connectivity index (χ0n) is 8.63. The molecule has 1 aromatic carbocycles. The van der Waals surface area contributed by atoms with Gasteiger partial charge in [-0.05, 0) is 19.2 Å². The summed E-state index contributed by atoms with van der Waals surface area (Å²) in [7, 11) is 1.91. The van der Waals surface area contributed by atoms with Crippen LogP contribution in [0.1, 0.15) is 5.01 Å². The van der Waals surface area contributed by atoms with Crippen molar-refractivity contribution in [3.8, 4) is 11.3 Å². The molecule has 0 fully saturated rings. The summed E-state index contributed by atoms with van der Waals surface area (Å²) in [4.78, 5) is 4.52. The molecule has 0 saturated carbocycles. The number of hydrogen-bond acceptors (Lipinski definition) is 3. The molecule has 1 heterocycles. The summed E-state index contributed by atoms with van der Waals surface area (Å²) in [5.41, 5.74) is 1.91. The Hall–Kier alpha value is -0.420. The Morgan fingerprint density at radius 2 is 2.31 bits per heavy atom. The number of halogens is 2. The van der Waals surface area contributed by atoms with Crippen molar-refractivity contribution in [2.24, 2.45) is 0 Å². The molecule has 84 valence electrons. The van der Waals surface area contributed by atoms with Gasteiger partial charge in [-0.15, -0.1) is 11.3 Å². The van der Waals surface area contributed by atoms with Crippen LogP contribution in [0.5, 0.6) is 0 Å². The van der Waals surface area contributed by atoms with Crippen LogP contribution >= 0.6 is 38.9 Å². The maximum absolute atomic E-state index is 6.17. The average molecular weight is 318 g/mol. The second kappa shape index (κ2) is 5.27. The second-order valence-corrected chi connectivity index (χ2v) is 5.55. The molecule has 0 atom stereocenters. The van der Waals surface area contributed by atoms with Gasteiger partial charge in [0, 0.05) is 22.0 Å². The standard InChI is InChI=1S/C11H10BrClN2S/c1-14-5-11-15-10(6-16-11)8-3-2-7(12)4-9(8)13/h2-4,6,14H,5H2,1H3. The molecule has 0 spiro atoms. The highest BCUT2D eigenvalue weighted by Gasteiger charge is 2.08. The molecule has 5 heteroatoms. The Kier molecular flexibility index (Phi) is 3.97. The minimum Gasteiger partial charge on any atom is -0.314 e. The van der Waals surface area contributed by atoms with Crippen LogP contribution in [0, 0.1) is 0 Å². The lowest BCUT2D eigenvalue weighted by atomic mass is 10.2. The average Bonchev–Trinajstić information content (AvgIpc) is 2.67. The van der Waals surface area contributed by atoms with Crippen LogP contribution in [-0.2, 0) is 6.54 Å². The highest BCUT2D eigenvalue weighted by atomic mass is 79.9. The molecule has 0 aliphatic heterocycles. The van der Waals surface area contributed by atoms with E-state index in [1.165, 1.54) is 0 Å². The fraction of sp³-hybridized carbons (Fsp3) is 0.182.